The van der Waals surface area contributed by atoms with Crippen LogP contribution in [0.25, 0.3) is 0 Å². The number of rotatable bonds is 3. The van der Waals surface area contributed by atoms with E-state index in [2.05, 4.69) is 15.1 Å². The molecule has 0 spiro atoms. The second-order valence-corrected chi connectivity index (χ2v) is 4.60. The zero-order valence-electron chi connectivity index (χ0n) is 10.2. The first-order valence-electron chi connectivity index (χ1n) is 6.28. The van der Waals surface area contributed by atoms with Crippen LogP contribution >= 0.6 is 0 Å². The maximum Gasteiger partial charge on any atom is 0.229 e. The van der Waals surface area contributed by atoms with E-state index in [-0.39, 0.29) is 0 Å². The van der Waals surface area contributed by atoms with Crippen LogP contribution in [0.2, 0.25) is 0 Å². The lowest BCUT2D eigenvalue weighted by Gasteiger charge is -2.27. The molecule has 0 aromatic carbocycles. The molecule has 0 amide bonds. The number of guanidine groups is 1. The SMILES string of the molecule is NC(=NCc1noc(C2CC2)n1)N1CCOCC1. The quantitative estimate of drug-likeness (QED) is 0.605. The molecule has 2 aliphatic rings. The van der Waals surface area contributed by atoms with Crippen molar-refractivity contribution in [1.82, 2.24) is 15.0 Å². The van der Waals surface area contributed by atoms with Crippen molar-refractivity contribution < 1.29 is 9.26 Å². The predicted molar refractivity (Wildman–Crippen MR) is 64.0 cm³/mol. The molecule has 0 bridgehead atoms. The summed E-state index contributed by atoms with van der Waals surface area (Å²) in [4.78, 5) is 10.6. The number of nitrogens with zero attached hydrogens (tertiary/aromatic N) is 4. The number of hydrogen-bond donors (Lipinski definition) is 1. The van der Waals surface area contributed by atoms with Gasteiger partial charge in [-0.1, -0.05) is 5.16 Å². The molecule has 98 valence electrons. The Balaban J connectivity index is 1.57. The maximum atomic E-state index is 5.91. The lowest BCUT2D eigenvalue weighted by atomic mass is 10.4. The van der Waals surface area contributed by atoms with Crippen molar-refractivity contribution in [2.75, 3.05) is 26.3 Å². The Kier molecular flexibility index (Phi) is 3.14. The average molecular weight is 251 g/mol. The Morgan fingerprint density at radius 2 is 2.17 bits per heavy atom. The highest BCUT2D eigenvalue weighted by Crippen LogP contribution is 2.38. The van der Waals surface area contributed by atoms with Crippen molar-refractivity contribution >= 4 is 5.96 Å². The fourth-order valence-electron chi connectivity index (χ4n) is 1.87. The normalized spacial score (nSPS) is 21.3. The van der Waals surface area contributed by atoms with Crippen molar-refractivity contribution in [3.8, 4) is 0 Å². The van der Waals surface area contributed by atoms with E-state index < -0.39 is 0 Å². The van der Waals surface area contributed by atoms with Gasteiger partial charge in [0.25, 0.3) is 0 Å². The molecule has 7 nitrogen and oxygen atoms in total. The summed E-state index contributed by atoms with van der Waals surface area (Å²) in [6.45, 7) is 3.34. The first-order chi connectivity index (χ1) is 8.83. The molecule has 1 aliphatic carbocycles. The van der Waals surface area contributed by atoms with Crippen LogP contribution in [0.15, 0.2) is 9.52 Å². The van der Waals surface area contributed by atoms with Gasteiger partial charge in [0.1, 0.15) is 6.54 Å². The third-order valence-electron chi connectivity index (χ3n) is 3.13. The Bertz CT molecular complexity index is 434. The first-order valence-corrected chi connectivity index (χ1v) is 6.28. The molecule has 0 unspecified atom stereocenters. The molecule has 0 radical (unpaired) electrons. The fraction of sp³-hybridized carbons (Fsp3) is 0.727. The van der Waals surface area contributed by atoms with Gasteiger partial charge in [-0.15, -0.1) is 0 Å². The van der Waals surface area contributed by atoms with E-state index in [9.17, 15) is 0 Å². The Morgan fingerprint density at radius 1 is 1.39 bits per heavy atom. The van der Waals surface area contributed by atoms with Gasteiger partial charge in [0.2, 0.25) is 5.89 Å². The standard InChI is InChI=1S/C11H17N5O2/c12-11(16-3-5-17-6-4-16)13-7-9-14-10(18-15-9)8-1-2-8/h8H,1-7H2,(H2,12,13). The number of ether oxygens (including phenoxy) is 1. The van der Waals surface area contributed by atoms with Crippen LogP contribution in [0.4, 0.5) is 0 Å². The molecule has 1 saturated heterocycles. The lowest BCUT2D eigenvalue weighted by molar-refractivity contribution is 0.0674. The molecule has 1 saturated carbocycles. The van der Waals surface area contributed by atoms with E-state index in [0.717, 1.165) is 31.8 Å². The van der Waals surface area contributed by atoms with Gasteiger partial charge in [0.15, 0.2) is 11.8 Å². The van der Waals surface area contributed by atoms with Crippen LogP contribution in [-0.4, -0.2) is 47.3 Å². The molecule has 1 aliphatic heterocycles. The minimum absolute atomic E-state index is 0.374. The van der Waals surface area contributed by atoms with Crippen molar-refractivity contribution in [2.45, 2.75) is 25.3 Å². The van der Waals surface area contributed by atoms with Crippen molar-refractivity contribution in [3.05, 3.63) is 11.7 Å². The summed E-state index contributed by atoms with van der Waals surface area (Å²) in [5.41, 5.74) is 5.91. The monoisotopic (exact) mass is 251 g/mol. The van der Waals surface area contributed by atoms with Gasteiger partial charge in [-0.2, -0.15) is 4.98 Å². The van der Waals surface area contributed by atoms with Gasteiger partial charge in [0.05, 0.1) is 13.2 Å². The summed E-state index contributed by atoms with van der Waals surface area (Å²) in [5.74, 6) is 2.35. The highest BCUT2D eigenvalue weighted by molar-refractivity contribution is 5.78. The fourth-order valence-corrected chi connectivity index (χ4v) is 1.87. The number of aromatic nitrogens is 2. The van der Waals surface area contributed by atoms with Crippen LogP contribution in [0.1, 0.15) is 30.5 Å². The summed E-state index contributed by atoms with van der Waals surface area (Å²) < 4.78 is 10.4. The number of hydrogen-bond acceptors (Lipinski definition) is 5. The van der Waals surface area contributed by atoms with Crippen molar-refractivity contribution in [3.63, 3.8) is 0 Å². The minimum atomic E-state index is 0.374. The third-order valence-corrected chi connectivity index (χ3v) is 3.13. The van der Waals surface area contributed by atoms with Crippen LogP contribution in [0, 0.1) is 0 Å². The zero-order chi connectivity index (χ0) is 12.4. The Hall–Kier alpha value is -1.63. The number of aliphatic imine (C=N–C) groups is 1. The van der Waals surface area contributed by atoms with Crippen molar-refractivity contribution in [1.29, 1.82) is 0 Å². The average Bonchev–Trinajstić information content (AvgIpc) is 3.16. The van der Waals surface area contributed by atoms with Crippen LogP contribution < -0.4 is 5.73 Å². The first kappa shape index (κ1) is 11.5. The van der Waals surface area contributed by atoms with Gasteiger partial charge in [-0.05, 0) is 12.8 Å². The smallest absolute Gasteiger partial charge is 0.229 e. The molecule has 1 aromatic heterocycles. The highest BCUT2D eigenvalue weighted by Gasteiger charge is 2.29. The van der Waals surface area contributed by atoms with Gasteiger partial charge >= 0.3 is 0 Å². The van der Waals surface area contributed by atoms with Crippen molar-refractivity contribution in [2.24, 2.45) is 10.7 Å². The number of nitrogens with two attached hydrogens (primary N) is 1. The van der Waals surface area contributed by atoms with Crippen LogP contribution in [0.5, 0.6) is 0 Å². The molecule has 2 heterocycles. The molecule has 18 heavy (non-hydrogen) atoms. The Morgan fingerprint density at radius 3 is 2.89 bits per heavy atom. The van der Waals surface area contributed by atoms with E-state index >= 15 is 0 Å². The molecule has 1 aromatic rings. The molecule has 2 fully saturated rings. The molecule has 2 N–H and O–H groups in total. The topological polar surface area (TPSA) is 89.8 Å². The molecular weight excluding hydrogens is 234 g/mol. The minimum Gasteiger partial charge on any atom is -0.378 e. The molecule has 7 heteroatoms. The Labute approximate surface area is 105 Å². The molecule has 0 atom stereocenters. The summed E-state index contributed by atoms with van der Waals surface area (Å²) in [7, 11) is 0. The van der Waals surface area contributed by atoms with Crippen LogP contribution in [0.3, 0.4) is 0 Å². The van der Waals surface area contributed by atoms with E-state index in [0.29, 0.717) is 37.5 Å². The second kappa shape index (κ2) is 4.93. The van der Waals surface area contributed by atoms with E-state index in [1.165, 1.54) is 0 Å². The lowest BCUT2D eigenvalue weighted by Crippen LogP contribution is -2.44. The number of morpholine rings is 1. The maximum absolute atomic E-state index is 5.91. The van der Waals surface area contributed by atoms with E-state index in [1.54, 1.807) is 0 Å². The van der Waals surface area contributed by atoms with Crippen LogP contribution in [-0.2, 0) is 11.3 Å². The van der Waals surface area contributed by atoms with Gasteiger partial charge in [0, 0.05) is 19.0 Å². The largest absolute Gasteiger partial charge is 0.378 e. The summed E-state index contributed by atoms with van der Waals surface area (Å²) in [6, 6.07) is 0. The molecular formula is C11H17N5O2. The zero-order valence-corrected chi connectivity index (χ0v) is 10.2. The molecule has 3 rings (SSSR count). The predicted octanol–water partition coefficient (Wildman–Crippen LogP) is 0.0939. The van der Waals surface area contributed by atoms with Gasteiger partial charge < -0.3 is 19.9 Å². The summed E-state index contributed by atoms with van der Waals surface area (Å²) >= 11 is 0. The van der Waals surface area contributed by atoms with E-state index in [4.69, 9.17) is 15.0 Å². The second-order valence-electron chi connectivity index (χ2n) is 4.60. The third kappa shape index (κ3) is 2.61. The summed E-state index contributed by atoms with van der Waals surface area (Å²) in [6.07, 6.45) is 2.31. The highest BCUT2D eigenvalue weighted by atomic mass is 16.5. The van der Waals surface area contributed by atoms with E-state index in [1.807, 2.05) is 4.90 Å². The summed E-state index contributed by atoms with van der Waals surface area (Å²) in [5, 5.41) is 3.90. The van der Waals surface area contributed by atoms with Gasteiger partial charge in [-0.3, -0.25) is 0 Å². The van der Waals surface area contributed by atoms with Gasteiger partial charge in [-0.25, -0.2) is 4.99 Å².